The van der Waals surface area contributed by atoms with Crippen molar-refractivity contribution < 1.29 is 4.74 Å². The lowest BCUT2D eigenvalue weighted by Gasteiger charge is -2.28. The Labute approximate surface area is 120 Å². The number of anilines is 1. The minimum Gasteiger partial charge on any atom is -0.378 e. The van der Waals surface area contributed by atoms with E-state index in [9.17, 15) is 0 Å². The van der Waals surface area contributed by atoms with Gasteiger partial charge in [-0.05, 0) is 6.07 Å². The van der Waals surface area contributed by atoms with Crippen molar-refractivity contribution >= 4 is 52.6 Å². The number of aromatic nitrogens is 2. The van der Waals surface area contributed by atoms with E-state index in [1.165, 1.54) is 0 Å². The number of morpholine rings is 1. The van der Waals surface area contributed by atoms with Crippen LogP contribution in [0.2, 0.25) is 0 Å². The fraction of sp³-hybridized carbons (Fsp3) is 0.333. The Morgan fingerprint density at radius 1 is 1.22 bits per heavy atom. The molecule has 6 heteroatoms. The van der Waals surface area contributed by atoms with Gasteiger partial charge in [0.25, 0.3) is 0 Å². The maximum absolute atomic E-state index is 5.86. The van der Waals surface area contributed by atoms with Crippen molar-refractivity contribution in [3.8, 4) is 0 Å². The Morgan fingerprint density at radius 2 is 2.00 bits per heavy atom. The molecule has 1 aliphatic rings. The second-order valence-corrected chi connectivity index (χ2v) is 5.16. The molecule has 0 amide bonds. The molecule has 0 N–H and O–H groups in total. The predicted molar refractivity (Wildman–Crippen MR) is 80.7 cm³/mol. The molecule has 1 aromatic heterocycles. The average Bonchev–Trinajstić information content (AvgIpc) is 2.39. The summed E-state index contributed by atoms with van der Waals surface area (Å²) in [6.45, 7) is 3.20. The number of nitrogens with zero attached hydrogens (tertiary/aromatic N) is 3. The van der Waals surface area contributed by atoms with Crippen molar-refractivity contribution in [2.45, 2.75) is 0 Å². The third-order valence-corrected chi connectivity index (χ3v) is 3.47. The molecule has 18 heavy (non-hydrogen) atoms. The normalized spacial score (nSPS) is 16.2. The lowest BCUT2D eigenvalue weighted by atomic mass is 9.95. The van der Waals surface area contributed by atoms with Gasteiger partial charge in [-0.3, -0.25) is 0 Å². The summed E-state index contributed by atoms with van der Waals surface area (Å²) in [5.41, 5.74) is 1.67. The van der Waals surface area contributed by atoms with E-state index in [-0.39, 0.29) is 0 Å². The van der Waals surface area contributed by atoms with Crippen molar-refractivity contribution in [1.82, 2.24) is 9.97 Å². The van der Waals surface area contributed by atoms with Crippen molar-refractivity contribution in [1.29, 1.82) is 0 Å². The molecule has 1 fully saturated rings. The molecular formula is C12H11BIN3O. The molecule has 1 aliphatic heterocycles. The highest BCUT2D eigenvalue weighted by Gasteiger charge is 2.16. The second kappa shape index (κ2) is 5.01. The standard InChI is InChI=1S/C12H11BIN3O/c13-8-1-2-10-9(7-8)11(16-12(14)15-10)17-3-5-18-6-4-17/h1-2,7H,3-6H2. The fourth-order valence-electron chi connectivity index (χ4n) is 2.12. The van der Waals surface area contributed by atoms with Crippen LogP contribution in [-0.2, 0) is 4.74 Å². The van der Waals surface area contributed by atoms with E-state index in [1.807, 2.05) is 18.2 Å². The lowest BCUT2D eigenvalue weighted by molar-refractivity contribution is 0.122. The molecule has 90 valence electrons. The van der Waals surface area contributed by atoms with Crippen LogP contribution in [0.25, 0.3) is 10.9 Å². The van der Waals surface area contributed by atoms with Gasteiger partial charge in [-0.25, -0.2) is 9.97 Å². The summed E-state index contributed by atoms with van der Waals surface area (Å²) in [4.78, 5) is 11.2. The van der Waals surface area contributed by atoms with Crippen LogP contribution in [-0.4, -0.2) is 44.1 Å². The first-order chi connectivity index (χ1) is 8.74. The van der Waals surface area contributed by atoms with Gasteiger partial charge < -0.3 is 9.64 Å². The largest absolute Gasteiger partial charge is 0.378 e. The van der Waals surface area contributed by atoms with Crippen LogP contribution in [0.3, 0.4) is 0 Å². The third-order valence-electron chi connectivity index (χ3n) is 2.98. The van der Waals surface area contributed by atoms with Gasteiger partial charge in [-0.1, -0.05) is 17.6 Å². The molecule has 0 aliphatic carbocycles. The number of fused-ring (bicyclic) bond motifs is 1. The predicted octanol–water partition coefficient (Wildman–Crippen LogP) is 0.865. The van der Waals surface area contributed by atoms with Gasteiger partial charge in [-0.2, -0.15) is 0 Å². The molecule has 0 atom stereocenters. The maximum atomic E-state index is 5.86. The first kappa shape index (κ1) is 12.2. The second-order valence-electron chi connectivity index (χ2n) is 4.19. The molecule has 3 rings (SSSR count). The SMILES string of the molecule is [B]c1ccc2nc(I)nc(N3CCOCC3)c2c1. The van der Waals surface area contributed by atoms with Gasteiger partial charge in [0.15, 0.2) is 3.83 Å². The average molecular weight is 351 g/mol. The Bertz CT molecular complexity index is 587. The molecule has 0 spiro atoms. The summed E-state index contributed by atoms with van der Waals surface area (Å²) in [5.74, 6) is 0.958. The van der Waals surface area contributed by atoms with Gasteiger partial charge in [0, 0.05) is 41.1 Å². The van der Waals surface area contributed by atoms with Gasteiger partial charge >= 0.3 is 0 Å². The number of benzene rings is 1. The summed E-state index contributed by atoms with van der Waals surface area (Å²) in [5, 5.41) is 1.01. The first-order valence-electron chi connectivity index (χ1n) is 5.79. The van der Waals surface area contributed by atoms with Crippen molar-refractivity contribution in [2.75, 3.05) is 31.2 Å². The minimum atomic E-state index is 0.738. The summed E-state index contributed by atoms with van der Waals surface area (Å²) in [6, 6.07) is 5.75. The van der Waals surface area contributed by atoms with E-state index >= 15 is 0 Å². The molecule has 2 radical (unpaired) electrons. The zero-order chi connectivity index (χ0) is 12.5. The summed E-state index contributed by atoms with van der Waals surface area (Å²) < 4.78 is 6.13. The molecule has 1 saturated heterocycles. The Morgan fingerprint density at radius 3 is 2.78 bits per heavy atom. The lowest BCUT2D eigenvalue weighted by Crippen LogP contribution is -2.37. The van der Waals surface area contributed by atoms with Gasteiger partial charge in [0.1, 0.15) is 13.7 Å². The highest BCUT2D eigenvalue weighted by Crippen LogP contribution is 2.24. The maximum Gasteiger partial charge on any atom is 0.193 e. The van der Waals surface area contributed by atoms with Crippen LogP contribution in [0.15, 0.2) is 18.2 Å². The zero-order valence-electron chi connectivity index (χ0n) is 9.77. The van der Waals surface area contributed by atoms with Gasteiger partial charge in [0.05, 0.1) is 18.7 Å². The molecule has 0 saturated carbocycles. The minimum absolute atomic E-state index is 0.738. The zero-order valence-corrected chi connectivity index (χ0v) is 11.9. The molecule has 2 heterocycles. The van der Waals surface area contributed by atoms with Crippen molar-refractivity contribution in [3.05, 3.63) is 22.0 Å². The molecule has 0 bridgehead atoms. The highest BCUT2D eigenvalue weighted by molar-refractivity contribution is 14.1. The Balaban J connectivity index is 2.16. The quantitative estimate of drug-likeness (QED) is 0.434. The van der Waals surface area contributed by atoms with Crippen molar-refractivity contribution in [2.24, 2.45) is 0 Å². The van der Waals surface area contributed by atoms with E-state index in [0.717, 1.165) is 52.3 Å². The molecule has 1 aromatic carbocycles. The molecule has 2 aromatic rings. The topological polar surface area (TPSA) is 38.2 Å². The highest BCUT2D eigenvalue weighted by atomic mass is 127. The number of ether oxygens (including phenoxy) is 1. The fourth-order valence-corrected chi connectivity index (χ4v) is 2.61. The third kappa shape index (κ3) is 2.31. The number of hydrogen-bond acceptors (Lipinski definition) is 4. The van der Waals surface area contributed by atoms with Crippen molar-refractivity contribution in [3.63, 3.8) is 0 Å². The smallest absolute Gasteiger partial charge is 0.193 e. The Kier molecular flexibility index (Phi) is 3.38. The molecule has 4 nitrogen and oxygen atoms in total. The van der Waals surface area contributed by atoms with E-state index in [1.54, 1.807) is 0 Å². The van der Waals surface area contributed by atoms with E-state index < -0.39 is 0 Å². The first-order valence-corrected chi connectivity index (χ1v) is 6.87. The van der Waals surface area contributed by atoms with Crippen LogP contribution in [0.5, 0.6) is 0 Å². The van der Waals surface area contributed by atoms with E-state index in [0.29, 0.717) is 0 Å². The summed E-state index contributed by atoms with van der Waals surface area (Å²) in [6.07, 6.45) is 0. The van der Waals surface area contributed by atoms with Crippen LogP contribution in [0.1, 0.15) is 0 Å². The molecular weight excluding hydrogens is 340 g/mol. The van der Waals surface area contributed by atoms with E-state index in [2.05, 4.69) is 37.5 Å². The van der Waals surface area contributed by atoms with Crippen LogP contribution in [0.4, 0.5) is 5.82 Å². The number of hydrogen-bond donors (Lipinski definition) is 0. The summed E-state index contributed by atoms with van der Waals surface area (Å²) in [7, 11) is 5.86. The van der Waals surface area contributed by atoms with Gasteiger partial charge in [-0.15, -0.1) is 0 Å². The van der Waals surface area contributed by atoms with Crippen LogP contribution < -0.4 is 10.4 Å². The monoisotopic (exact) mass is 351 g/mol. The van der Waals surface area contributed by atoms with Crippen LogP contribution in [0, 0.1) is 3.83 Å². The van der Waals surface area contributed by atoms with E-state index in [4.69, 9.17) is 12.6 Å². The number of halogens is 1. The van der Waals surface area contributed by atoms with Gasteiger partial charge in [0.2, 0.25) is 0 Å². The van der Waals surface area contributed by atoms with Crippen LogP contribution >= 0.6 is 22.6 Å². The summed E-state index contributed by atoms with van der Waals surface area (Å²) >= 11 is 2.15. The number of rotatable bonds is 1. The Hall–Kier alpha value is -0.885. The molecule has 0 unspecified atom stereocenters.